The van der Waals surface area contributed by atoms with Gasteiger partial charge in [0.1, 0.15) is 12.4 Å². The summed E-state index contributed by atoms with van der Waals surface area (Å²) >= 11 is 5.75. The number of nitrogens with one attached hydrogen (secondary N) is 1. The first-order chi connectivity index (χ1) is 12.3. The first-order valence-corrected chi connectivity index (χ1v) is 7.98. The zero-order valence-electron chi connectivity index (χ0n) is 14.5. The Morgan fingerprint density at radius 1 is 1.12 bits per heavy atom. The lowest BCUT2D eigenvalue weighted by atomic mass is 10.2. The summed E-state index contributed by atoms with van der Waals surface area (Å²) in [5.41, 5.74) is 0.805. The second kappa shape index (κ2) is 8.53. The molecule has 0 aliphatic carbocycles. The summed E-state index contributed by atoms with van der Waals surface area (Å²) in [5.74, 6) is -0.437. The van der Waals surface area contributed by atoms with Gasteiger partial charge < -0.3 is 19.7 Å². The summed E-state index contributed by atoms with van der Waals surface area (Å²) in [6.45, 7) is 1.05. The Morgan fingerprint density at radius 2 is 1.81 bits per heavy atom. The molecule has 0 bridgehead atoms. The average Bonchev–Trinajstić information content (AvgIpc) is 2.61. The van der Waals surface area contributed by atoms with Gasteiger partial charge in [-0.2, -0.15) is 0 Å². The molecule has 0 heterocycles. The van der Waals surface area contributed by atoms with Crippen molar-refractivity contribution in [2.45, 2.75) is 6.92 Å². The second-order valence-electron chi connectivity index (χ2n) is 5.32. The van der Waals surface area contributed by atoms with E-state index in [2.05, 4.69) is 5.32 Å². The molecule has 8 heteroatoms. The van der Waals surface area contributed by atoms with Crippen LogP contribution in [0.5, 0.6) is 11.5 Å². The van der Waals surface area contributed by atoms with E-state index in [1.807, 2.05) is 0 Å². The van der Waals surface area contributed by atoms with Gasteiger partial charge in [0, 0.05) is 24.4 Å². The number of hydrogen-bond donors (Lipinski definition) is 1. The van der Waals surface area contributed by atoms with Gasteiger partial charge in [-0.25, -0.2) is 4.39 Å². The van der Waals surface area contributed by atoms with E-state index in [4.69, 9.17) is 21.1 Å². The van der Waals surface area contributed by atoms with Crippen molar-refractivity contribution in [3.8, 4) is 11.5 Å². The van der Waals surface area contributed by atoms with E-state index in [0.29, 0.717) is 22.9 Å². The monoisotopic (exact) mass is 380 g/mol. The molecule has 26 heavy (non-hydrogen) atoms. The van der Waals surface area contributed by atoms with Crippen LogP contribution < -0.4 is 19.7 Å². The Labute approximate surface area is 155 Å². The molecule has 2 rings (SSSR count). The number of ether oxygens (including phenoxy) is 2. The maximum atomic E-state index is 13.3. The molecular formula is C18H18ClFN2O4. The quantitative estimate of drug-likeness (QED) is 0.833. The third-order valence-corrected chi connectivity index (χ3v) is 3.85. The van der Waals surface area contributed by atoms with Crippen molar-refractivity contribution >= 4 is 34.8 Å². The summed E-state index contributed by atoms with van der Waals surface area (Å²) in [4.78, 5) is 25.4. The minimum atomic E-state index is -0.603. The van der Waals surface area contributed by atoms with E-state index in [0.717, 1.165) is 6.07 Å². The van der Waals surface area contributed by atoms with E-state index in [9.17, 15) is 14.0 Å². The summed E-state index contributed by atoms with van der Waals surface area (Å²) in [7, 11) is 2.99. The number of anilines is 2. The first-order valence-electron chi connectivity index (χ1n) is 7.60. The summed E-state index contributed by atoms with van der Waals surface area (Å²) in [5, 5.41) is 2.54. The lowest BCUT2D eigenvalue weighted by Crippen LogP contribution is -2.36. The summed E-state index contributed by atoms with van der Waals surface area (Å²) in [6.07, 6.45) is 0. The Balaban J connectivity index is 2.15. The normalized spacial score (nSPS) is 10.2. The zero-order valence-corrected chi connectivity index (χ0v) is 15.3. The highest BCUT2D eigenvalue weighted by Gasteiger charge is 2.17. The van der Waals surface area contributed by atoms with Gasteiger partial charge in [-0.05, 0) is 30.3 Å². The van der Waals surface area contributed by atoms with Gasteiger partial charge in [-0.3, -0.25) is 9.59 Å². The molecule has 0 unspecified atom stereocenters. The number of halogens is 2. The van der Waals surface area contributed by atoms with Crippen LogP contribution in [0.2, 0.25) is 5.02 Å². The molecule has 6 nitrogen and oxygen atoms in total. The van der Waals surface area contributed by atoms with E-state index in [1.165, 1.54) is 38.2 Å². The molecule has 1 N–H and O–H groups in total. The van der Waals surface area contributed by atoms with Crippen LogP contribution in [0.3, 0.4) is 0 Å². The molecule has 2 amide bonds. The number of methoxy groups -OCH3 is 2. The predicted octanol–water partition coefficient (Wildman–Crippen LogP) is 3.49. The van der Waals surface area contributed by atoms with Crippen molar-refractivity contribution < 1.29 is 23.5 Å². The molecule has 2 aromatic carbocycles. The molecule has 0 aromatic heterocycles. The van der Waals surface area contributed by atoms with E-state index in [-0.39, 0.29) is 17.5 Å². The molecule has 138 valence electrons. The number of hydrogen-bond acceptors (Lipinski definition) is 4. The SMILES string of the molecule is COc1ccc(NC(=O)CN(C(C)=O)c2ccc(F)c(Cl)c2)cc1OC. The lowest BCUT2D eigenvalue weighted by molar-refractivity contribution is -0.120. The first kappa shape index (κ1) is 19.5. The smallest absolute Gasteiger partial charge is 0.244 e. The van der Waals surface area contributed by atoms with Crippen LogP contribution in [-0.2, 0) is 9.59 Å². The van der Waals surface area contributed by atoms with Crippen LogP contribution in [-0.4, -0.2) is 32.6 Å². The van der Waals surface area contributed by atoms with Gasteiger partial charge in [-0.15, -0.1) is 0 Å². The number of nitrogens with zero attached hydrogens (tertiary/aromatic N) is 1. The highest BCUT2D eigenvalue weighted by atomic mass is 35.5. The molecule has 0 saturated heterocycles. The third kappa shape index (κ3) is 4.64. The number of rotatable bonds is 6. The largest absolute Gasteiger partial charge is 0.493 e. The Bertz CT molecular complexity index is 829. The topological polar surface area (TPSA) is 67.9 Å². The van der Waals surface area contributed by atoms with Crippen LogP contribution >= 0.6 is 11.6 Å². The van der Waals surface area contributed by atoms with Crippen molar-refractivity contribution in [2.75, 3.05) is 31.0 Å². The molecule has 0 saturated carbocycles. The van der Waals surface area contributed by atoms with Gasteiger partial charge in [0.25, 0.3) is 0 Å². The number of carbonyl (C=O) groups excluding carboxylic acids is 2. The number of carbonyl (C=O) groups is 2. The second-order valence-corrected chi connectivity index (χ2v) is 5.73. The Kier molecular flexibility index (Phi) is 6.41. The number of amides is 2. The van der Waals surface area contributed by atoms with E-state index >= 15 is 0 Å². The highest BCUT2D eigenvalue weighted by molar-refractivity contribution is 6.31. The van der Waals surface area contributed by atoms with Crippen LogP contribution in [0.25, 0.3) is 0 Å². The standard InChI is InChI=1S/C18H18ClFN2O4/c1-11(23)22(13-5-6-15(20)14(19)9-13)10-18(24)21-12-4-7-16(25-2)17(8-12)26-3/h4-9H,10H2,1-3H3,(H,21,24). The Morgan fingerprint density at radius 3 is 2.38 bits per heavy atom. The molecule has 0 fully saturated rings. The lowest BCUT2D eigenvalue weighted by Gasteiger charge is -2.21. The minimum absolute atomic E-state index is 0.131. The van der Waals surface area contributed by atoms with Gasteiger partial charge in [0.2, 0.25) is 11.8 Å². The molecule has 0 aliphatic rings. The zero-order chi connectivity index (χ0) is 19.3. The van der Waals surface area contributed by atoms with E-state index < -0.39 is 11.7 Å². The van der Waals surface area contributed by atoms with Crippen molar-refractivity contribution in [1.82, 2.24) is 0 Å². The van der Waals surface area contributed by atoms with Gasteiger partial charge in [0.15, 0.2) is 11.5 Å². The fourth-order valence-corrected chi connectivity index (χ4v) is 2.47. The highest BCUT2D eigenvalue weighted by Crippen LogP contribution is 2.30. The maximum Gasteiger partial charge on any atom is 0.244 e. The van der Waals surface area contributed by atoms with Crippen LogP contribution in [0.4, 0.5) is 15.8 Å². The fourth-order valence-electron chi connectivity index (χ4n) is 2.30. The van der Waals surface area contributed by atoms with Crippen LogP contribution in [0, 0.1) is 5.82 Å². The van der Waals surface area contributed by atoms with Gasteiger partial charge >= 0.3 is 0 Å². The van der Waals surface area contributed by atoms with Crippen LogP contribution in [0.1, 0.15) is 6.92 Å². The predicted molar refractivity (Wildman–Crippen MR) is 97.6 cm³/mol. The molecule has 0 spiro atoms. The van der Waals surface area contributed by atoms with Crippen molar-refractivity contribution in [2.24, 2.45) is 0 Å². The van der Waals surface area contributed by atoms with E-state index in [1.54, 1.807) is 18.2 Å². The number of benzene rings is 2. The maximum absolute atomic E-state index is 13.3. The van der Waals surface area contributed by atoms with Gasteiger partial charge in [-0.1, -0.05) is 11.6 Å². The van der Waals surface area contributed by atoms with Crippen LogP contribution in [0.15, 0.2) is 36.4 Å². The molecule has 0 aliphatic heterocycles. The van der Waals surface area contributed by atoms with Gasteiger partial charge in [0.05, 0.1) is 19.2 Å². The van der Waals surface area contributed by atoms with Crippen molar-refractivity contribution in [3.63, 3.8) is 0 Å². The average molecular weight is 381 g/mol. The summed E-state index contributed by atoms with van der Waals surface area (Å²) < 4.78 is 23.6. The molecule has 0 radical (unpaired) electrons. The molecule has 2 aromatic rings. The Hall–Kier alpha value is -2.80. The van der Waals surface area contributed by atoms with Crippen molar-refractivity contribution in [3.05, 3.63) is 47.2 Å². The molecular weight excluding hydrogens is 363 g/mol. The van der Waals surface area contributed by atoms with Crippen molar-refractivity contribution in [1.29, 1.82) is 0 Å². The third-order valence-electron chi connectivity index (χ3n) is 3.56. The fraction of sp³-hybridized carbons (Fsp3) is 0.222. The molecule has 0 atom stereocenters. The summed E-state index contributed by atoms with van der Waals surface area (Å²) in [6, 6.07) is 8.71. The minimum Gasteiger partial charge on any atom is -0.493 e.